The van der Waals surface area contributed by atoms with E-state index in [-0.39, 0.29) is 13.2 Å². The molecule has 1 aromatic rings. The molecule has 2 heterocycles. The first-order valence-electron chi connectivity index (χ1n) is 7.26. The van der Waals surface area contributed by atoms with Crippen molar-refractivity contribution < 1.29 is 18.7 Å². The summed E-state index contributed by atoms with van der Waals surface area (Å²) in [5, 5.41) is 3.42. The number of alkyl halides is 1. The zero-order valence-electron chi connectivity index (χ0n) is 12.3. The van der Waals surface area contributed by atoms with Gasteiger partial charge in [0.05, 0.1) is 26.3 Å². The Hall–Kier alpha value is -2.51. The van der Waals surface area contributed by atoms with Crippen LogP contribution in [0, 0.1) is 0 Å². The smallest absolute Gasteiger partial charge is 0.414 e. The minimum absolute atomic E-state index is 0.0568. The van der Waals surface area contributed by atoms with Gasteiger partial charge in [0.2, 0.25) is 0 Å². The van der Waals surface area contributed by atoms with Crippen molar-refractivity contribution in [2.24, 2.45) is 5.11 Å². The molecular weight excluding hydrogens is 305 g/mol. The number of nitrogens with zero attached hydrogens (tertiary/aromatic N) is 5. The monoisotopic (exact) mass is 321 g/mol. The van der Waals surface area contributed by atoms with Crippen molar-refractivity contribution in [1.82, 2.24) is 0 Å². The number of carbonyl (C=O) groups excluding carboxylic acids is 1. The van der Waals surface area contributed by atoms with Crippen LogP contribution in [0.5, 0.6) is 0 Å². The van der Waals surface area contributed by atoms with Crippen molar-refractivity contribution in [2.75, 3.05) is 42.6 Å². The minimum atomic E-state index is -1.17. The number of rotatable bonds is 4. The Morgan fingerprint density at radius 1 is 1.35 bits per heavy atom. The van der Waals surface area contributed by atoms with E-state index in [9.17, 15) is 9.18 Å². The summed E-state index contributed by atoms with van der Waals surface area (Å²) in [6.45, 7) is 1.46. The molecule has 2 aliphatic rings. The quantitative estimate of drug-likeness (QED) is 0.368. The van der Waals surface area contributed by atoms with Gasteiger partial charge in [-0.25, -0.2) is 9.18 Å². The Kier molecular flexibility index (Phi) is 4.50. The summed E-state index contributed by atoms with van der Waals surface area (Å²) in [4.78, 5) is 17.6. The molecule has 1 amide bonds. The first-order valence-corrected chi connectivity index (χ1v) is 7.26. The fourth-order valence-electron chi connectivity index (χ4n) is 2.64. The van der Waals surface area contributed by atoms with E-state index in [2.05, 4.69) is 10.0 Å². The second-order valence-electron chi connectivity index (χ2n) is 5.25. The molecule has 2 unspecified atom stereocenters. The number of hydrogen-bond donors (Lipinski definition) is 0. The molecule has 0 saturated carbocycles. The van der Waals surface area contributed by atoms with Gasteiger partial charge in [0.15, 0.2) is 6.30 Å². The lowest BCUT2D eigenvalue weighted by molar-refractivity contribution is 0.0497. The normalized spacial score (nSPS) is 24.3. The third-order valence-electron chi connectivity index (χ3n) is 3.79. The summed E-state index contributed by atoms with van der Waals surface area (Å²) in [6, 6.07) is 7.02. The molecular formula is C14H16FN5O3. The van der Waals surface area contributed by atoms with E-state index in [0.717, 1.165) is 5.69 Å². The number of morpholine rings is 1. The predicted molar refractivity (Wildman–Crippen MR) is 81.1 cm³/mol. The summed E-state index contributed by atoms with van der Waals surface area (Å²) in [5.74, 6) is 0. The highest BCUT2D eigenvalue weighted by Crippen LogP contribution is 2.27. The summed E-state index contributed by atoms with van der Waals surface area (Å²) in [5.41, 5.74) is 9.71. The minimum Gasteiger partial charge on any atom is -0.444 e. The topological polar surface area (TPSA) is 90.8 Å². The molecule has 9 heteroatoms. The average molecular weight is 321 g/mol. The number of hydrogen-bond acceptors (Lipinski definition) is 5. The van der Waals surface area contributed by atoms with Crippen LogP contribution < -0.4 is 9.80 Å². The van der Waals surface area contributed by atoms with Crippen LogP contribution in [0.15, 0.2) is 29.4 Å². The molecule has 2 atom stereocenters. The van der Waals surface area contributed by atoms with E-state index < -0.39 is 18.5 Å². The van der Waals surface area contributed by atoms with Crippen LogP contribution in [0.2, 0.25) is 0 Å². The Bertz CT molecular complexity index is 619. The first kappa shape index (κ1) is 15.4. The van der Waals surface area contributed by atoms with Crippen LogP contribution in [0.4, 0.5) is 20.6 Å². The number of ether oxygens (including phenoxy) is 2. The van der Waals surface area contributed by atoms with Gasteiger partial charge in [-0.2, -0.15) is 0 Å². The standard InChI is InChI=1S/C14H16FN5O3/c15-13-9-22-6-5-19(13)10-1-3-11(4-2-10)20-8-12(7-17-18-16)23-14(20)21/h1-4,12-13H,5-9H2. The zero-order valence-corrected chi connectivity index (χ0v) is 12.3. The Morgan fingerprint density at radius 3 is 2.78 bits per heavy atom. The fraction of sp³-hybridized carbons (Fsp3) is 0.500. The van der Waals surface area contributed by atoms with E-state index in [1.165, 1.54) is 4.90 Å². The van der Waals surface area contributed by atoms with Gasteiger partial charge in [-0.1, -0.05) is 5.11 Å². The molecule has 0 spiro atoms. The molecule has 0 radical (unpaired) electrons. The first-order chi connectivity index (χ1) is 11.2. The van der Waals surface area contributed by atoms with Gasteiger partial charge >= 0.3 is 6.09 Å². The highest BCUT2D eigenvalue weighted by molar-refractivity contribution is 5.90. The van der Waals surface area contributed by atoms with E-state index in [0.29, 0.717) is 25.4 Å². The third kappa shape index (κ3) is 3.30. The number of cyclic esters (lactones) is 1. The summed E-state index contributed by atoms with van der Waals surface area (Å²) < 4.78 is 24.0. The number of halogens is 1. The van der Waals surface area contributed by atoms with Gasteiger partial charge in [-0.15, -0.1) is 0 Å². The van der Waals surface area contributed by atoms with Crippen LogP contribution in [0.25, 0.3) is 10.4 Å². The number of benzene rings is 1. The maximum Gasteiger partial charge on any atom is 0.414 e. The van der Waals surface area contributed by atoms with E-state index in [1.807, 2.05) is 0 Å². The third-order valence-corrected chi connectivity index (χ3v) is 3.79. The highest BCUT2D eigenvalue weighted by Gasteiger charge is 2.32. The van der Waals surface area contributed by atoms with Crippen molar-refractivity contribution in [3.05, 3.63) is 34.7 Å². The average Bonchev–Trinajstić information content (AvgIpc) is 2.94. The van der Waals surface area contributed by atoms with Crippen molar-refractivity contribution in [1.29, 1.82) is 0 Å². The molecule has 2 saturated heterocycles. The van der Waals surface area contributed by atoms with Gasteiger partial charge in [0, 0.05) is 22.8 Å². The molecule has 0 aliphatic carbocycles. The zero-order chi connectivity index (χ0) is 16.2. The molecule has 23 heavy (non-hydrogen) atoms. The maximum atomic E-state index is 13.8. The number of anilines is 2. The van der Waals surface area contributed by atoms with Gasteiger partial charge in [0.1, 0.15) is 6.10 Å². The maximum absolute atomic E-state index is 13.8. The Morgan fingerprint density at radius 2 is 2.09 bits per heavy atom. The van der Waals surface area contributed by atoms with Crippen molar-refractivity contribution in [2.45, 2.75) is 12.4 Å². The molecule has 122 valence electrons. The number of azide groups is 1. The van der Waals surface area contributed by atoms with E-state index >= 15 is 0 Å². The van der Waals surface area contributed by atoms with E-state index in [1.54, 1.807) is 29.2 Å². The van der Waals surface area contributed by atoms with Crippen LogP contribution >= 0.6 is 0 Å². The number of amides is 1. The van der Waals surface area contributed by atoms with Gasteiger partial charge in [0.25, 0.3) is 0 Å². The van der Waals surface area contributed by atoms with Crippen LogP contribution in [-0.4, -0.2) is 51.3 Å². The van der Waals surface area contributed by atoms with Crippen LogP contribution in [-0.2, 0) is 9.47 Å². The van der Waals surface area contributed by atoms with Gasteiger partial charge < -0.3 is 14.4 Å². The SMILES string of the molecule is [N-]=[N+]=NCC1CN(c2ccc(N3CCOCC3F)cc2)C(=O)O1. The second-order valence-corrected chi connectivity index (χ2v) is 5.25. The second kappa shape index (κ2) is 6.72. The summed E-state index contributed by atoms with van der Waals surface area (Å²) >= 11 is 0. The molecule has 0 aromatic heterocycles. The molecule has 2 fully saturated rings. The lowest BCUT2D eigenvalue weighted by atomic mass is 10.2. The number of carbonyl (C=O) groups is 1. The fourth-order valence-corrected chi connectivity index (χ4v) is 2.64. The molecule has 0 N–H and O–H groups in total. The van der Waals surface area contributed by atoms with Gasteiger partial charge in [-0.3, -0.25) is 4.90 Å². The predicted octanol–water partition coefficient (Wildman–Crippen LogP) is 2.45. The molecule has 3 rings (SSSR count). The molecule has 1 aromatic carbocycles. The molecule has 2 aliphatic heterocycles. The Balaban J connectivity index is 1.69. The van der Waals surface area contributed by atoms with Crippen molar-refractivity contribution in [3.63, 3.8) is 0 Å². The van der Waals surface area contributed by atoms with Crippen LogP contribution in [0.1, 0.15) is 0 Å². The largest absolute Gasteiger partial charge is 0.444 e. The lowest BCUT2D eigenvalue weighted by Crippen LogP contribution is -2.42. The van der Waals surface area contributed by atoms with Crippen molar-refractivity contribution >= 4 is 17.5 Å². The molecule has 8 nitrogen and oxygen atoms in total. The summed E-state index contributed by atoms with van der Waals surface area (Å²) in [7, 11) is 0. The Labute approximate surface area is 132 Å². The highest BCUT2D eigenvalue weighted by atomic mass is 19.1. The lowest BCUT2D eigenvalue weighted by Gasteiger charge is -2.32. The van der Waals surface area contributed by atoms with Crippen LogP contribution in [0.3, 0.4) is 0 Å². The van der Waals surface area contributed by atoms with Gasteiger partial charge in [-0.05, 0) is 29.8 Å². The van der Waals surface area contributed by atoms with E-state index in [4.69, 9.17) is 15.0 Å². The summed E-state index contributed by atoms with van der Waals surface area (Å²) in [6.07, 6.45) is -2.10. The van der Waals surface area contributed by atoms with Crippen molar-refractivity contribution in [3.8, 4) is 0 Å². The molecule has 0 bridgehead atoms.